The summed E-state index contributed by atoms with van der Waals surface area (Å²) in [6.45, 7) is 2.27. The van der Waals surface area contributed by atoms with Crippen molar-refractivity contribution >= 4 is 5.91 Å². The number of nitrogens with two attached hydrogens (primary N) is 1. The fourth-order valence-electron chi connectivity index (χ4n) is 2.87. The van der Waals surface area contributed by atoms with E-state index >= 15 is 0 Å². The number of rotatable bonds is 3. The van der Waals surface area contributed by atoms with Gasteiger partial charge in [0.25, 0.3) is 0 Å². The molecule has 2 rings (SSSR count). The molecule has 0 unspecified atom stereocenters. The monoisotopic (exact) mass is 225 g/mol. The zero-order chi connectivity index (χ0) is 11.4. The van der Waals surface area contributed by atoms with E-state index in [-0.39, 0.29) is 11.8 Å². The second kappa shape index (κ2) is 5.64. The molecular formula is C12H23N3O. The van der Waals surface area contributed by atoms with Gasteiger partial charge in [-0.15, -0.1) is 0 Å². The van der Waals surface area contributed by atoms with Crippen molar-refractivity contribution in [2.45, 2.75) is 50.6 Å². The first-order chi connectivity index (χ1) is 7.75. The van der Waals surface area contributed by atoms with Crippen LogP contribution in [-0.2, 0) is 4.79 Å². The first-order valence-corrected chi connectivity index (χ1v) is 6.52. The summed E-state index contributed by atoms with van der Waals surface area (Å²) in [5.74, 6) is 0.0198. The van der Waals surface area contributed by atoms with Gasteiger partial charge in [0.2, 0.25) is 5.91 Å². The lowest BCUT2D eigenvalue weighted by molar-refractivity contribution is -0.122. The van der Waals surface area contributed by atoms with Gasteiger partial charge in [-0.1, -0.05) is 0 Å². The third-order valence-corrected chi connectivity index (χ3v) is 3.94. The van der Waals surface area contributed by atoms with Crippen LogP contribution in [0.15, 0.2) is 0 Å². The number of nitrogens with one attached hydrogen (secondary N) is 2. The maximum absolute atomic E-state index is 11.0. The summed E-state index contributed by atoms with van der Waals surface area (Å²) in [4.78, 5) is 11.0. The van der Waals surface area contributed by atoms with Crippen LogP contribution in [0.2, 0.25) is 0 Å². The first kappa shape index (κ1) is 11.9. The lowest BCUT2D eigenvalue weighted by atomic mass is 9.85. The van der Waals surface area contributed by atoms with E-state index in [2.05, 4.69) is 10.6 Å². The van der Waals surface area contributed by atoms with E-state index in [1.807, 2.05) is 0 Å². The number of amides is 1. The second-order valence-corrected chi connectivity index (χ2v) is 5.14. The molecule has 1 heterocycles. The minimum Gasteiger partial charge on any atom is -0.369 e. The van der Waals surface area contributed by atoms with E-state index in [1.54, 1.807) is 0 Å². The largest absolute Gasteiger partial charge is 0.369 e. The Labute approximate surface area is 97.3 Å². The van der Waals surface area contributed by atoms with E-state index in [4.69, 9.17) is 5.73 Å². The Balaban J connectivity index is 1.70. The molecule has 16 heavy (non-hydrogen) atoms. The first-order valence-electron chi connectivity index (χ1n) is 6.52. The Bertz CT molecular complexity index is 230. The third kappa shape index (κ3) is 3.19. The highest BCUT2D eigenvalue weighted by molar-refractivity contribution is 5.76. The zero-order valence-electron chi connectivity index (χ0n) is 9.87. The molecule has 1 aliphatic heterocycles. The van der Waals surface area contributed by atoms with Crippen molar-refractivity contribution in [3.05, 3.63) is 0 Å². The summed E-state index contributed by atoms with van der Waals surface area (Å²) in [7, 11) is 0. The van der Waals surface area contributed by atoms with Crippen LogP contribution in [0.1, 0.15) is 38.5 Å². The number of primary amides is 1. The summed E-state index contributed by atoms with van der Waals surface area (Å²) in [5.41, 5.74) is 5.33. The van der Waals surface area contributed by atoms with Crippen molar-refractivity contribution in [2.24, 2.45) is 11.7 Å². The molecule has 0 atom stereocenters. The fourth-order valence-corrected chi connectivity index (χ4v) is 2.87. The minimum atomic E-state index is -0.111. The van der Waals surface area contributed by atoms with Crippen molar-refractivity contribution < 1.29 is 4.79 Å². The molecule has 2 fully saturated rings. The van der Waals surface area contributed by atoms with Gasteiger partial charge < -0.3 is 16.4 Å². The molecule has 0 aromatic rings. The van der Waals surface area contributed by atoms with Crippen molar-refractivity contribution in [1.29, 1.82) is 0 Å². The van der Waals surface area contributed by atoms with Crippen molar-refractivity contribution in [3.63, 3.8) is 0 Å². The Kier molecular flexibility index (Phi) is 4.18. The van der Waals surface area contributed by atoms with E-state index < -0.39 is 0 Å². The Hall–Kier alpha value is -0.610. The molecule has 4 nitrogen and oxygen atoms in total. The molecule has 0 bridgehead atoms. The van der Waals surface area contributed by atoms with Crippen LogP contribution in [0, 0.1) is 5.92 Å². The number of hydrogen-bond acceptors (Lipinski definition) is 3. The molecule has 2 aliphatic rings. The van der Waals surface area contributed by atoms with E-state index in [9.17, 15) is 4.79 Å². The molecule has 0 aromatic heterocycles. The molecular weight excluding hydrogens is 202 g/mol. The summed E-state index contributed by atoms with van der Waals surface area (Å²) in [6.07, 6.45) is 6.62. The van der Waals surface area contributed by atoms with Crippen LogP contribution < -0.4 is 16.4 Å². The van der Waals surface area contributed by atoms with Crippen LogP contribution in [-0.4, -0.2) is 31.1 Å². The van der Waals surface area contributed by atoms with Gasteiger partial charge >= 0.3 is 0 Å². The highest BCUT2D eigenvalue weighted by atomic mass is 16.1. The molecule has 1 aliphatic carbocycles. The van der Waals surface area contributed by atoms with Gasteiger partial charge in [-0.2, -0.15) is 0 Å². The minimum absolute atomic E-state index is 0.111. The zero-order valence-corrected chi connectivity index (χ0v) is 9.87. The molecule has 4 N–H and O–H groups in total. The molecule has 92 valence electrons. The molecule has 4 heteroatoms. The highest BCUT2D eigenvalue weighted by Gasteiger charge is 2.26. The summed E-state index contributed by atoms with van der Waals surface area (Å²) < 4.78 is 0. The maximum Gasteiger partial charge on any atom is 0.220 e. The van der Waals surface area contributed by atoms with Crippen molar-refractivity contribution in [2.75, 3.05) is 13.1 Å². The smallest absolute Gasteiger partial charge is 0.220 e. The number of piperidine rings is 1. The van der Waals surface area contributed by atoms with Crippen molar-refractivity contribution in [1.82, 2.24) is 10.6 Å². The normalized spacial score (nSPS) is 32.5. The van der Waals surface area contributed by atoms with Gasteiger partial charge in [-0.25, -0.2) is 0 Å². The Morgan fingerprint density at radius 1 is 1.00 bits per heavy atom. The van der Waals surface area contributed by atoms with Crippen LogP contribution in [0.3, 0.4) is 0 Å². The quantitative estimate of drug-likeness (QED) is 0.650. The SMILES string of the molecule is NC(=O)C1CCC(NC2CCNCC2)CC1. The van der Waals surface area contributed by atoms with E-state index in [0.29, 0.717) is 12.1 Å². The van der Waals surface area contributed by atoms with Gasteiger partial charge in [0.05, 0.1) is 0 Å². The second-order valence-electron chi connectivity index (χ2n) is 5.14. The highest BCUT2D eigenvalue weighted by Crippen LogP contribution is 2.24. The molecule has 0 aromatic carbocycles. The van der Waals surface area contributed by atoms with Gasteiger partial charge in [-0.05, 0) is 51.6 Å². The van der Waals surface area contributed by atoms with Crippen LogP contribution in [0.5, 0.6) is 0 Å². The number of carbonyl (C=O) groups excluding carboxylic acids is 1. The lowest BCUT2D eigenvalue weighted by Crippen LogP contribution is -2.46. The van der Waals surface area contributed by atoms with E-state index in [0.717, 1.165) is 38.8 Å². The fraction of sp³-hybridized carbons (Fsp3) is 0.917. The average molecular weight is 225 g/mol. The van der Waals surface area contributed by atoms with Gasteiger partial charge in [0.1, 0.15) is 0 Å². The average Bonchev–Trinajstić information content (AvgIpc) is 2.31. The van der Waals surface area contributed by atoms with E-state index in [1.165, 1.54) is 12.8 Å². The Morgan fingerprint density at radius 2 is 1.56 bits per heavy atom. The van der Waals surface area contributed by atoms with Gasteiger partial charge in [-0.3, -0.25) is 4.79 Å². The standard InChI is InChI=1S/C12H23N3O/c13-12(16)9-1-3-10(4-2-9)15-11-5-7-14-8-6-11/h9-11,14-15H,1-8H2,(H2,13,16). The van der Waals surface area contributed by atoms with Gasteiger partial charge in [0, 0.05) is 18.0 Å². The molecule has 1 amide bonds. The van der Waals surface area contributed by atoms with Crippen LogP contribution in [0.4, 0.5) is 0 Å². The summed E-state index contributed by atoms with van der Waals surface area (Å²) in [5, 5.41) is 7.10. The molecule has 1 saturated heterocycles. The molecule has 0 radical (unpaired) electrons. The topological polar surface area (TPSA) is 67.2 Å². The van der Waals surface area contributed by atoms with Gasteiger partial charge in [0.15, 0.2) is 0 Å². The summed E-state index contributed by atoms with van der Waals surface area (Å²) in [6, 6.07) is 1.29. The van der Waals surface area contributed by atoms with Crippen LogP contribution >= 0.6 is 0 Å². The molecule has 1 saturated carbocycles. The van der Waals surface area contributed by atoms with Crippen LogP contribution in [0.25, 0.3) is 0 Å². The van der Waals surface area contributed by atoms with Crippen molar-refractivity contribution in [3.8, 4) is 0 Å². The maximum atomic E-state index is 11.0. The predicted molar refractivity (Wildman–Crippen MR) is 64.0 cm³/mol. The predicted octanol–water partition coefficient (Wildman–Crippen LogP) is 0.372. The number of carbonyl (C=O) groups is 1. The Morgan fingerprint density at radius 3 is 2.12 bits per heavy atom. The number of hydrogen-bond donors (Lipinski definition) is 3. The third-order valence-electron chi connectivity index (χ3n) is 3.94. The summed E-state index contributed by atoms with van der Waals surface area (Å²) >= 11 is 0. The lowest BCUT2D eigenvalue weighted by Gasteiger charge is -2.33. The molecule has 0 spiro atoms.